The van der Waals surface area contributed by atoms with Gasteiger partial charge in [-0.05, 0) is 43.3 Å². The highest BCUT2D eigenvalue weighted by Gasteiger charge is 2.11. The smallest absolute Gasteiger partial charge is 0.257 e. The van der Waals surface area contributed by atoms with Crippen LogP contribution in [0.2, 0.25) is 0 Å². The summed E-state index contributed by atoms with van der Waals surface area (Å²) in [6.45, 7) is 2.02. The number of carbonyl (C=O) groups is 1. The van der Waals surface area contributed by atoms with Gasteiger partial charge in [0.2, 0.25) is 0 Å². The lowest BCUT2D eigenvalue weighted by Crippen LogP contribution is -2.13. The molecule has 0 bridgehead atoms. The van der Waals surface area contributed by atoms with E-state index < -0.39 is 0 Å². The zero-order chi connectivity index (χ0) is 16.1. The highest BCUT2D eigenvalue weighted by atomic mass is 16.1. The minimum Gasteiger partial charge on any atom is -0.355 e. The van der Waals surface area contributed by atoms with E-state index in [2.05, 4.69) is 10.6 Å². The second-order valence-electron chi connectivity index (χ2n) is 5.36. The second-order valence-corrected chi connectivity index (χ2v) is 5.36. The summed E-state index contributed by atoms with van der Waals surface area (Å²) in [7, 11) is 0. The Morgan fingerprint density at radius 1 is 0.739 bits per heavy atom. The van der Waals surface area contributed by atoms with Gasteiger partial charge in [-0.3, -0.25) is 4.79 Å². The molecule has 114 valence electrons. The maximum atomic E-state index is 12.6. The van der Waals surface area contributed by atoms with Gasteiger partial charge >= 0.3 is 0 Å². The standard InChI is InChI=1S/C20H18N2O/c1-15-11-13-17(14-12-15)22-20(23)18-9-5-6-10-19(18)21-16-7-3-2-4-8-16/h2-14,21H,1H3,(H,22,23). The molecule has 0 heterocycles. The number of hydrogen-bond acceptors (Lipinski definition) is 2. The Morgan fingerprint density at radius 2 is 1.39 bits per heavy atom. The van der Waals surface area contributed by atoms with Crippen molar-refractivity contribution in [2.24, 2.45) is 0 Å². The molecule has 3 nitrogen and oxygen atoms in total. The van der Waals surface area contributed by atoms with Crippen LogP contribution in [-0.2, 0) is 0 Å². The first-order chi connectivity index (χ1) is 11.2. The van der Waals surface area contributed by atoms with Crippen LogP contribution in [0.15, 0.2) is 78.9 Å². The molecular weight excluding hydrogens is 284 g/mol. The molecule has 0 fully saturated rings. The summed E-state index contributed by atoms with van der Waals surface area (Å²) in [4.78, 5) is 12.6. The second kappa shape index (κ2) is 6.79. The fourth-order valence-corrected chi connectivity index (χ4v) is 2.30. The van der Waals surface area contributed by atoms with E-state index in [0.29, 0.717) is 5.56 Å². The molecular formula is C20H18N2O. The lowest BCUT2D eigenvalue weighted by atomic mass is 10.1. The summed E-state index contributed by atoms with van der Waals surface area (Å²) >= 11 is 0. The maximum Gasteiger partial charge on any atom is 0.257 e. The number of rotatable bonds is 4. The number of aryl methyl sites for hydroxylation is 1. The van der Waals surface area contributed by atoms with Gasteiger partial charge in [-0.25, -0.2) is 0 Å². The molecule has 3 aromatic rings. The van der Waals surface area contributed by atoms with Crippen molar-refractivity contribution in [2.75, 3.05) is 10.6 Å². The molecule has 2 N–H and O–H groups in total. The third-order valence-electron chi connectivity index (χ3n) is 3.53. The largest absolute Gasteiger partial charge is 0.355 e. The molecule has 0 aliphatic heterocycles. The van der Waals surface area contributed by atoms with E-state index in [4.69, 9.17) is 0 Å². The van der Waals surface area contributed by atoms with E-state index in [0.717, 1.165) is 22.6 Å². The number of amides is 1. The molecule has 0 aliphatic carbocycles. The average Bonchev–Trinajstić information content (AvgIpc) is 2.58. The fraction of sp³-hybridized carbons (Fsp3) is 0.0500. The third-order valence-corrected chi connectivity index (χ3v) is 3.53. The van der Waals surface area contributed by atoms with Gasteiger partial charge in [0, 0.05) is 11.4 Å². The highest BCUT2D eigenvalue weighted by Crippen LogP contribution is 2.22. The van der Waals surface area contributed by atoms with Crippen molar-refractivity contribution in [1.29, 1.82) is 0 Å². The van der Waals surface area contributed by atoms with Crippen LogP contribution in [0, 0.1) is 6.92 Å². The van der Waals surface area contributed by atoms with E-state index >= 15 is 0 Å². The van der Waals surface area contributed by atoms with Gasteiger partial charge in [0.1, 0.15) is 0 Å². The topological polar surface area (TPSA) is 41.1 Å². The number of para-hydroxylation sites is 2. The quantitative estimate of drug-likeness (QED) is 0.712. The SMILES string of the molecule is Cc1ccc(NC(=O)c2ccccc2Nc2ccccc2)cc1. The van der Waals surface area contributed by atoms with Crippen LogP contribution >= 0.6 is 0 Å². The molecule has 0 saturated carbocycles. The Hall–Kier alpha value is -3.07. The van der Waals surface area contributed by atoms with Gasteiger partial charge in [0.15, 0.2) is 0 Å². The van der Waals surface area contributed by atoms with Crippen LogP contribution in [0.1, 0.15) is 15.9 Å². The van der Waals surface area contributed by atoms with Crippen molar-refractivity contribution in [3.8, 4) is 0 Å². The fourth-order valence-electron chi connectivity index (χ4n) is 2.30. The van der Waals surface area contributed by atoms with Crippen molar-refractivity contribution in [1.82, 2.24) is 0 Å². The first-order valence-electron chi connectivity index (χ1n) is 7.51. The lowest BCUT2D eigenvalue weighted by molar-refractivity contribution is 0.102. The molecule has 0 unspecified atom stereocenters. The Morgan fingerprint density at radius 3 is 2.13 bits per heavy atom. The number of nitrogens with one attached hydrogen (secondary N) is 2. The normalized spacial score (nSPS) is 10.1. The van der Waals surface area contributed by atoms with Crippen molar-refractivity contribution in [3.63, 3.8) is 0 Å². The summed E-state index contributed by atoms with van der Waals surface area (Å²) in [6, 6.07) is 25.0. The summed E-state index contributed by atoms with van der Waals surface area (Å²) in [6.07, 6.45) is 0. The monoisotopic (exact) mass is 302 g/mol. The Kier molecular flexibility index (Phi) is 4.39. The van der Waals surface area contributed by atoms with E-state index in [9.17, 15) is 4.79 Å². The molecule has 1 amide bonds. The summed E-state index contributed by atoms with van der Waals surface area (Å²) in [5.74, 6) is -0.132. The van der Waals surface area contributed by atoms with Crippen LogP contribution in [0.25, 0.3) is 0 Å². The van der Waals surface area contributed by atoms with E-state index in [1.54, 1.807) is 0 Å². The Balaban J connectivity index is 1.82. The van der Waals surface area contributed by atoms with E-state index in [-0.39, 0.29) is 5.91 Å². The number of anilines is 3. The molecule has 0 spiro atoms. The third kappa shape index (κ3) is 3.77. The van der Waals surface area contributed by atoms with Crippen molar-refractivity contribution < 1.29 is 4.79 Å². The Labute approximate surface area is 136 Å². The van der Waals surface area contributed by atoms with Crippen LogP contribution in [0.5, 0.6) is 0 Å². The summed E-state index contributed by atoms with van der Waals surface area (Å²) in [5.41, 5.74) is 4.28. The maximum absolute atomic E-state index is 12.6. The number of benzene rings is 3. The Bertz CT molecular complexity index is 795. The first kappa shape index (κ1) is 14.9. The van der Waals surface area contributed by atoms with Gasteiger partial charge in [0.25, 0.3) is 5.91 Å². The lowest BCUT2D eigenvalue weighted by Gasteiger charge is -2.12. The molecule has 0 aromatic heterocycles. The number of carbonyl (C=O) groups excluding carboxylic acids is 1. The van der Waals surface area contributed by atoms with Crippen LogP contribution < -0.4 is 10.6 Å². The van der Waals surface area contributed by atoms with Gasteiger partial charge < -0.3 is 10.6 Å². The summed E-state index contributed by atoms with van der Waals surface area (Å²) < 4.78 is 0. The van der Waals surface area contributed by atoms with Crippen molar-refractivity contribution in [2.45, 2.75) is 6.92 Å². The minimum atomic E-state index is -0.132. The predicted octanol–water partition coefficient (Wildman–Crippen LogP) is 4.99. The summed E-state index contributed by atoms with van der Waals surface area (Å²) in [5, 5.41) is 6.22. The highest BCUT2D eigenvalue weighted by molar-refractivity contribution is 6.08. The zero-order valence-electron chi connectivity index (χ0n) is 12.9. The molecule has 0 radical (unpaired) electrons. The molecule has 0 atom stereocenters. The van der Waals surface area contributed by atoms with Crippen LogP contribution in [0.4, 0.5) is 17.1 Å². The molecule has 0 aliphatic rings. The molecule has 3 rings (SSSR count). The zero-order valence-corrected chi connectivity index (χ0v) is 12.9. The average molecular weight is 302 g/mol. The van der Waals surface area contributed by atoms with Gasteiger partial charge in [0.05, 0.1) is 11.3 Å². The first-order valence-corrected chi connectivity index (χ1v) is 7.51. The van der Waals surface area contributed by atoms with Crippen molar-refractivity contribution >= 4 is 23.0 Å². The van der Waals surface area contributed by atoms with E-state index in [1.165, 1.54) is 0 Å². The number of hydrogen-bond donors (Lipinski definition) is 2. The van der Waals surface area contributed by atoms with Crippen molar-refractivity contribution in [3.05, 3.63) is 90.0 Å². The predicted molar refractivity (Wildman–Crippen MR) is 95.3 cm³/mol. The van der Waals surface area contributed by atoms with Gasteiger partial charge in [-0.1, -0.05) is 48.0 Å². The van der Waals surface area contributed by atoms with Gasteiger partial charge in [-0.15, -0.1) is 0 Å². The molecule has 23 heavy (non-hydrogen) atoms. The van der Waals surface area contributed by atoms with Crippen LogP contribution in [0.3, 0.4) is 0 Å². The van der Waals surface area contributed by atoms with Crippen LogP contribution in [-0.4, -0.2) is 5.91 Å². The molecule has 3 aromatic carbocycles. The molecule has 3 heteroatoms. The minimum absolute atomic E-state index is 0.132. The molecule has 0 saturated heterocycles. The van der Waals surface area contributed by atoms with E-state index in [1.807, 2.05) is 85.8 Å². The van der Waals surface area contributed by atoms with Gasteiger partial charge in [-0.2, -0.15) is 0 Å².